The topological polar surface area (TPSA) is 45.5 Å². The number of nitrogens with zero attached hydrogens (tertiary/aromatic N) is 4. The Labute approximate surface area is 128 Å². The Morgan fingerprint density at radius 1 is 1.00 bits per heavy atom. The van der Waals surface area contributed by atoms with Gasteiger partial charge in [-0.3, -0.25) is 0 Å². The van der Waals surface area contributed by atoms with Crippen LogP contribution in [-0.4, -0.2) is 9.90 Å². The first kappa shape index (κ1) is 12.5. The molecule has 0 amide bonds. The highest BCUT2D eigenvalue weighted by molar-refractivity contribution is 5.73. The van der Waals surface area contributed by atoms with Gasteiger partial charge in [0.25, 0.3) is 0 Å². The molecule has 0 bridgehead atoms. The van der Waals surface area contributed by atoms with E-state index in [9.17, 15) is 0 Å². The highest BCUT2D eigenvalue weighted by Crippen LogP contribution is 2.21. The Morgan fingerprint density at radius 3 is 2.45 bits per heavy atom. The predicted molar refractivity (Wildman–Crippen MR) is 83.2 cm³/mol. The van der Waals surface area contributed by atoms with E-state index < -0.39 is 0 Å². The van der Waals surface area contributed by atoms with E-state index in [0.29, 0.717) is 5.56 Å². The predicted octanol–water partition coefficient (Wildman–Crippen LogP) is 2.72. The zero-order valence-corrected chi connectivity index (χ0v) is 11.8. The smallest absolute Gasteiger partial charge is 0.192 e. The number of aromatic nitrogens is 3. The molecule has 2 heterocycles. The second-order valence-electron chi connectivity index (χ2n) is 5.23. The molecule has 0 aliphatic carbocycles. The van der Waals surface area contributed by atoms with Gasteiger partial charge in [0.15, 0.2) is 6.20 Å². The third-order valence-corrected chi connectivity index (χ3v) is 3.80. The van der Waals surface area contributed by atoms with Crippen LogP contribution in [0.3, 0.4) is 0 Å². The van der Waals surface area contributed by atoms with Crippen molar-refractivity contribution >= 4 is 11.8 Å². The molecule has 0 saturated carbocycles. The molecule has 0 saturated heterocycles. The molecule has 3 aromatic rings. The number of rotatable bonds is 2. The van der Waals surface area contributed by atoms with Crippen LogP contribution in [0.25, 0.3) is 23.0 Å². The lowest BCUT2D eigenvalue weighted by atomic mass is 10.1. The van der Waals surface area contributed by atoms with Gasteiger partial charge in [0.2, 0.25) is 5.69 Å². The lowest BCUT2D eigenvalue weighted by Gasteiger charge is -1.97. The Hall–Kier alpha value is -3.19. The summed E-state index contributed by atoms with van der Waals surface area (Å²) in [5, 5.41) is 13.5. The van der Waals surface area contributed by atoms with Crippen molar-refractivity contribution in [2.45, 2.75) is 6.54 Å². The van der Waals surface area contributed by atoms with Crippen LogP contribution in [0, 0.1) is 11.3 Å². The van der Waals surface area contributed by atoms with Gasteiger partial charge in [0, 0.05) is 16.2 Å². The van der Waals surface area contributed by atoms with E-state index in [1.54, 1.807) is 0 Å². The number of benzene rings is 2. The summed E-state index contributed by atoms with van der Waals surface area (Å²) in [5.41, 5.74) is 5.06. The number of nitriles is 1. The summed E-state index contributed by atoms with van der Waals surface area (Å²) in [6, 6.07) is 20.0. The van der Waals surface area contributed by atoms with Crippen LogP contribution >= 0.6 is 0 Å². The second kappa shape index (κ2) is 4.97. The number of hydrogen-bond donors (Lipinski definition) is 0. The normalized spacial score (nSPS) is 12.6. The van der Waals surface area contributed by atoms with E-state index in [0.717, 1.165) is 17.8 Å². The minimum Gasteiger partial charge on any atom is -0.192 e. The molecular weight excluding hydrogens is 272 g/mol. The first-order valence-electron chi connectivity index (χ1n) is 7.09. The van der Waals surface area contributed by atoms with Crippen molar-refractivity contribution in [3.05, 3.63) is 71.9 Å². The van der Waals surface area contributed by atoms with Crippen LogP contribution in [0.1, 0.15) is 11.1 Å². The molecule has 0 unspecified atom stereocenters. The lowest BCUT2D eigenvalue weighted by Crippen LogP contribution is -2.32. The fourth-order valence-electron chi connectivity index (χ4n) is 2.63. The largest absolute Gasteiger partial charge is 0.249 e. The van der Waals surface area contributed by atoms with Gasteiger partial charge in [-0.2, -0.15) is 5.26 Å². The van der Waals surface area contributed by atoms with Gasteiger partial charge in [-0.15, -0.1) is 4.68 Å². The van der Waals surface area contributed by atoms with Gasteiger partial charge < -0.3 is 0 Å². The zero-order chi connectivity index (χ0) is 14.9. The summed E-state index contributed by atoms with van der Waals surface area (Å²) >= 11 is 0. The fourth-order valence-corrected chi connectivity index (χ4v) is 2.63. The van der Waals surface area contributed by atoms with E-state index in [2.05, 4.69) is 29.5 Å². The average molecular weight is 285 g/mol. The van der Waals surface area contributed by atoms with Crippen LogP contribution in [0.15, 0.2) is 60.8 Å². The molecule has 0 radical (unpaired) electrons. The lowest BCUT2D eigenvalue weighted by molar-refractivity contribution is -0.658. The van der Waals surface area contributed by atoms with Crippen LogP contribution in [0.2, 0.25) is 0 Å². The van der Waals surface area contributed by atoms with Crippen molar-refractivity contribution in [3.8, 4) is 17.3 Å². The number of fused-ring (bicyclic) bond motifs is 1. The minimum atomic E-state index is 0.661. The quantitative estimate of drug-likeness (QED) is 0.680. The van der Waals surface area contributed by atoms with E-state index in [-0.39, 0.29) is 0 Å². The van der Waals surface area contributed by atoms with E-state index in [1.807, 2.05) is 58.1 Å². The summed E-state index contributed by atoms with van der Waals surface area (Å²) in [4.78, 5) is 1.94. The Morgan fingerprint density at radius 2 is 1.77 bits per heavy atom. The van der Waals surface area contributed by atoms with E-state index >= 15 is 0 Å². The standard InChI is InChI=1S/C18H13N4/c19-10-14-6-8-16(9-7-14)18-13-21-11-17(12-22(21)20-18)15-4-2-1-3-5-15/h1-9,11,13H,12H2/q+1. The zero-order valence-electron chi connectivity index (χ0n) is 11.8. The van der Waals surface area contributed by atoms with Crippen LogP contribution in [-0.2, 0) is 6.54 Å². The summed E-state index contributed by atoms with van der Waals surface area (Å²) in [5.74, 6) is 0. The first-order valence-corrected chi connectivity index (χ1v) is 7.09. The van der Waals surface area contributed by atoms with Gasteiger partial charge in [-0.05, 0) is 34.6 Å². The Kier molecular flexibility index (Phi) is 2.84. The summed E-state index contributed by atoms with van der Waals surface area (Å²) in [7, 11) is 0. The van der Waals surface area contributed by atoms with Crippen molar-refractivity contribution in [2.75, 3.05) is 0 Å². The third kappa shape index (κ3) is 2.09. The summed E-state index contributed by atoms with van der Waals surface area (Å²) in [6.07, 6.45) is 4.12. The minimum absolute atomic E-state index is 0.661. The van der Waals surface area contributed by atoms with E-state index in [4.69, 9.17) is 5.26 Å². The molecule has 4 rings (SSSR count). The van der Waals surface area contributed by atoms with Gasteiger partial charge >= 0.3 is 0 Å². The molecule has 1 aliphatic rings. The summed E-state index contributed by atoms with van der Waals surface area (Å²) < 4.78 is 2.01. The number of allylic oxidation sites excluding steroid dienone is 1. The molecule has 4 nitrogen and oxygen atoms in total. The van der Waals surface area contributed by atoms with E-state index in [1.165, 1.54) is 11.1 Å². The molecular formula is C18H13N4+. The van der Waals surface area contributed by atoms with Gasteiger partial charge in [-0.25, -0.2) is 0 Å². The molecule has 2 aromatic carbocycles. The summed E-state index contributed by atoms with van der Waals surface area (Å²) in [6.45, 7) is 0.764. The van der Waals surface area contributed by atoms with Crippen LogP contribution in [0.5, 0.6) is 0 Å². The maximum Gasteiger partial charge on any atom is 0.249 e. The number of hydrogen-bond acceptors (Lipinski definition) is 2. The van der Waals surface area contributed by atoms with Crippen molar-refractivity contribution in [1.82, 2.24) is 9.90 Å². The maximum absolute atomic E-state index is 8.85. The highest BCUT2D eigenvalue weighted by atomic mass is 15.6. The maximum atomic E-state index is 8.85. The Bertz CT molecular complexity index is 897. The average Bonchev–Trinajstić information content (AvgIpc) is 3.15. The van der Waals surface area contributed by atoms with Crippen molar-refractivity contribution in [3.63, 3.8) is 0 Å². The molecule has 22 heavy (non-hydrogen) atoms. The SMILES string of the molecule is N#Cc1ccc(-c2c[n+]3n(n2)CC(c2ccccc2)=C3)cc1. The molecule has 0 N–H and O–H groups in total. The van der Waals surface area contributed by atoms with Crippen molar-refractivity contribution < 1.29 is 4.68 Å². The Balaban J connectivity index is 1.66. The molecule has 4 heteroatoms. The first-order chi connectivity index (χ1) is 10.8. The third-order valence-electron chi connectivity index (χ3n) is 3.80. The van der Waals surface area contributed by atoms with Crippen LogP contribution < -0.4 is 4.68 Å². The molecule has 1 aromatic heterocycles. The molecule has 104 valence electrons. The van der Waals surface area contributed by atoms with Crippen molar-refractivity contribution in [1.29, 1.82) is 5.26 Å². The molecule has 1 aliphatic heterocycles. The fraction of sp³-hybridized carbons (Fsp3) is 0.0556. The van der Waals surface area contributed by atoms with Gasteiger partial charge in [0.05, 0.1) is 11.6 Å². The van der Waals surface area contributed by atoms with Crippen molar-refractivity contribution in [2.24, 2.45) is 0 Å². The molecule has 0 spiro atoms. The van der Waals surface area contributed by atoms with Gasteiger partial charge in [-0.1, -0.05) is 30.3 Å². The highest BCUT2D eigenvalue weighted by Gasteiger charge is 2.24. The molecule has 0 atom stereocenters. The molecule has 0 fully saturated rings. The monoisotopic (exact) mass is 285 g/mol. The van der Waals surface area contributed by atoms with Gasteiger partial charge in [0.1, 0.15) is 12.7 Å². The second-order valence-corrected chi connectivity index (χ2v) is 5.23. The van der Waals surface area contributed by atoms with Crippen LogP contribution in [0.4, 0.5) is 0 Å².